The van der Waals surface area contributed by atoms with Gasteiger partial charge in [-0.05, 0) is 61.5 Å². The molecule has 9 nitrogen and oxygen atoms in total. The summed E-state index contributed by atoms with van der Waals surface area (Å²) in [6.07, 6.45) is -0.0913. The van der Waals surface area contributed by atoms with Crippen molar-refractivity contribution >= 4 is 29.1 Å². The average molecular weight is 554 g/mol. The van der Waals surface area contributed by atoms with E-state index in [4.69, 9.17) is 19.9 Å². The van der Waals surface area contributed by atoms with Crippen LogP contribution < -0.4 is 25.8 Å². The second kappa shape index (κ2) is 13.6. The minimum atomic E-state index is -1.09. The Kier molecular flexibility index (Phi) is 9.45. The van der Waals surface area contributed by atoms with E-state index in [1.54, 1.807) is 72.8 Å². The predicted octanol–water partition coefficient (Wildman–Crippen LogP) is 6.22. The number of hydrogen-bond acceptors (Lipinski definition) is 7. The molecule has 0 saturated heterocycles. The standard InChI is InChI=1S/C32H31N3O6/c1-21-12-15-23(16-13-21)34-32(38)41-31(22-14-17-28(39-2)27(36)20-22)29(40-24-8-4-3-5-9-24)18-19-30(37)35-26-11-7-6-10-25(26)33/h3-20,29,31,36H,33H2,1-2H3,(H,34,38)(H,35,37)/b19-18+/t29-,31-/m1/s1. The number of amides is 2. The second-order valence-electron chi connectivity index (χ2n) is 9.08. The predicted molar refractivity (Wildman–Crippen MR) is 158 cm³/mol. The maximum absolute atomic E-state index is 13.1. The summed E-state index contributed by atoms with van der Waals surface area (Å²) in [7, 11) is 1.43. The molecule has 0 aliphatic rings. The first-order chi connectivity index (χ1) is 19.8. The van der Waals surface area contributed by atoms with Gasteiger partial charge in [0, 0.05) is 17.3 Å². The maximum Gasteiger partial charge on any atom is 0.412 e. The number of methoxy groups -OCH3 is 1. The molecule has 41 heavy (non-hydrogen) atoms. The molecular formula is C32H31N3O6. The molecule has 0 heterocycles. The Balaban J connectivity index is 1.67. The molecule has 0 fully saturated rings. The van der Waals surface area contributed by atoms with Gasteiger partial charge < -0.3 is 30.4 Å². The van der Waals surface area contributed by atoms with Crippen molar-refractivity contribution in [2.75, 3.05) is 23.5 Å². The minimum absolute atomic E-state index is 0.155. The number of nitrogens with one attached hydrogen (secondary N) is 2. The number of aryl methyl sites for hydroxylation is 1. The molecule has 0 radical (unpaired) electrons. The van der Waals surface area contributed by atoms with E-state index in [-0.39, 0.29) is 11.5 Å². The highest BCUT2D eigenvalue weighted by Crippen LogP contribution is 2.34. The van der Waals surface area contributed by atoms with Gasteiger partial charge in [-0.2, -0.15) is 0 Å². The van der Waals surface area contributed by atoms with Crippen molar-refractivity contribution in [1.82, 2.24) is 0 Å². The minimum Gasteiger partial charge on any atom is -0.504 e. The first-order valence-electron chi connectivity index (χ1n) is 12.8. The van der Waals surface area contributed by atoms with Crippen molar-refractivity contribution in [3.8, 4) is 17.2 Å². The molecule has 0 aliphatic carbocycles. The van der Waals surface area contributed by atoms with Crippen LogP contribution in [-0.2, 0) is 9.53 Å². The van der Waals surface area contributed by atoms with Gasteiger partial charge in [0.05, 0.1) is 18.5 Å². The molecule has 0 bridgehead atoms. The van der Waals surface area contributed by atoms with Gasteiger partial charge in [-0.25, -0.2) is 4.79 Å². The molecule has 5 N–H and O–H groups in total. The fraction of sp³-hybridized carbons (Fsp3) is 0.125. The first-order valence-corrected chi connectivity index (χ1v) is 12.8. The van der Waals surface area contributed by atoms with E-state index in [2.05, 4.69) is 10.6 Å². The molecular weight excluding hydrogens is 522 g/mol. The second-order valence-corrected chi connectivity index (χ2v) is 9.08. The first kappa shape index (κ1) is 28.6. The van der Waals surface area contributed by atoms with Gasteiger partial charge in [0.1, 0.15) is 5.75 Å². The molecule has 2 atom stereocenters. The number of ether oxygens (including phenoxy) is 3. The largest absolute Gasteiger partial charge is 0.504 e. The van der Waals surface area contributed by atoms with Crippen LogP contribution in [0.4, 0.5) is 21.9 Å². The smallest absolute Gasteiger partial charge is 0.412 e. The van der Waals surface area contributed by atoms with Crippen LogP contribution in [0, 0.1) is 6.92 Å². The summed E-state index contributed by atoms with van der Waals surface area (Å²) in [5.74, 6) is 0.0925. The fourth-order valence-corrected chi connectivity index (χ4v) is 3.93. The van der Waals surface area contributed by atoms with Gasteiger partial charge in [-0.15, -0.1) is 0 Å². The van der Waals surface area contributed by atoms with Crippen molar-refractivity contribution < 1.29 is 28.9 Å². The lowest BCUT2D eigenvalue weighted by Crippen LogP contribution is -2.30. The van der Waals surface area contributed by atoms with Crippen LogP contribution in [0.3, 0.4) is 0 Å². The van der Waals surface area contributed by atoms with Crippen molar-refractivity contribution in [2.24, 2.45) is 0 Å². The van der Waals surface area contributed by atoms with E-state index < -0.39 is 24.2 Å². The molecule has 4 rings (SSSR count). The summed E-state index contributed by atoms with van der Waals surface area (Å²) in [5, 5.41) is 15.9. The van der Waals surface area contributed by atoms with Crippen LogP contribution >= 0.6 is 0 Å². The van der Waals surface area contributed by atoms with Gasteiger partial charge in [0.15, 0.2) is 23.7 Å². The molecule has 0 aromatic heterocycles. The number of hydrogen-bond donors (Lipinski definition) is 4. The molecule has 210 valence electrons. The summed E-state index contributed by atoms with van der Waals surface area (Å²) in [5.41, 5.74) is 8.79. The molecule has 9 heteroatoms. The van der Waals surface area contributed by atoms with E-state index in [1.165, 1.54) is 25.3 Å². The highest BCUT2D eigenvalue weighted by Gasteiger charge is 2.29. The van der Waals surface area contributed by atoms with E-state index in [0.29, 0.717) is 28.4 Å². The Bertz CT molecular complexity index is 1510. The number of carbonyl (C=O) groups is 2. The lowest BCUT2D eigenvalue weighted by Gasteiger charge is -2.26. The third-order valence-electron chi connectivity index (χ3n) is 6.03. The zero-order valence-corrected chi connectivity index (χ0v) is 22.6. The molecule has 2 amide bonds. The zero-order valence-electron chi connectivity index (χ0n) is 22.6. The Morgan fingerprint density at radius 1 is 0.902 bits per heavy atom. The normalized spacial score (nSPS) is 12.2. The number of phenolic OH excluding ortho intramolecular Hbond substituents is 1. The van der Waals surface area contributed by atoms with Crippen LogP contribution in [-0.4, -0.2) is 30.3 Å². The highest BCUT2D eigenvalue weighted by molar-refractivity contribution is 6.01. The van der Waals surface area contributed by atoms with Crippen molar-refractivity contribution in [1.29, 1.82) is 0 Å². The molecule has 0 unspecified atom stereocenters. The number of carbonyl (C=O) groups excluding carboxylic acids is 2. The fourth-order valence-electron chi connectivity index (χ4n) is 3.93. The molecule has 4 aromatic carbocycles. The number of aromatic hydroxyl groups is 1. The SMILES string of the molecule is COc1ccc([C@@H](OC(=O)Nc2ccc(C)cc2)[C@@H](/C=C/C(=O)Nc2ccccc2N)Oc2ccccc2)cc1O. The Morgan fingerprint density at radius 3 is 2.29 bits per heavy atom. The lowest BCUT2D eigenvalue weighted by atomic mass is 10.0. The topological polar surface area (TPSA) is 132 Å². The third kappa shape index (κ3) is 8.03. The van der Waals surface area contributed by atoms with E-state index in [9.17, 15) is 14.7 Å². The number of para-hydroxylation sites is 3. The number of phenols is 1. The number of nitrogens with two attached hydrogens (primary N) is 1. The van der Waals surface area contributed by atoms with E-state index >= 15 is 0 Å². The number of anilines is 3. The number of benzene rings is 4. The van der Waals surface area contributed by atoms with Crippen LogP contribution in [0.2, 0.25) is 0 Å². The van der Waals surface area contributed by atoms with Crippen LogP contribution in [0.25, 0.3) is 0 Å². The number of rotatable bonds is 10. The van der Waals surface area contributed by atoms with E-state index in [0.717, 1.165) is 5.56 Å². The summed E-state index contributed by atoms with van der Waals surface area (Å²) in [4.78, 5) is 25.9. The highest BCUT2D eigenvalue weighted by atomic mass is 16.6. The molecule has 0 saturated carbocycles. The van der Waals surface area contributed by atoms with Crippen LogP contribution in [0.5, 0.6) is 17.2 Å². The van der Waals surface area contributed by atoms with E-state index in [1.807, 2.05) is 25.1 Å². The molecule has 0 spiro atoms. The van der Waals surface area contributed by atoms with Crippen LogP contribution in [0.15, 0.2) is 109 Å². The Labute approximate surface area is 238 Å². The van der Waals surface area contributed by atoms with Crippen LogP contribution in [0.1, 0.15) is 17.2 Å². The Hall–Kier alpha value is -5.44. The summed E-state index contributed by atoms with van der Waals surface area (Å²) in [6, 6.07) is 27.6. The molecule has 0 aliphatic heterocycles. The van der Waals surface area contributed by atoms with Crippen molar-refractivity contribution in [3.63, 3.8) is 0 Å². The lowest BCUT2D eigenvalue weighted by molar-refractivity contribution is -0.112. The summed E-state index contributed by atoms with van der Waals surface area (Å²) in [6.45, 7) is 1.94. The summed E-state index contributed by atoms with van der Waals surface area (Å²) < 4.78 is 17.3. The van der Waals surface area contributed by atoms with Crippen molar-refractivity contribution in [2.45, 2.75) is 19.1 Å². The number of nitrogen functional groups attached to an aromatic ring is 1. The van der Waals surface area contributed by atoms with Crippen molar-refractivity contribution in [3.05, 3.63) is 120 Å². The van der Waals surface area contributed by atoms with Gasteiger partial charge in [-0.3, -0.25) is 10.1 Å². The van der Waals surface area contributed by atoms with Gasteiger partial charge in [0.25, 0.3) is 0 Å². The average Bonchev–Trinajstić information content (AvgIpc) is 2.97. The maximum atomic E-state index is 13.1. The van der Waals surface area contributed by atoms with Gasteiger partial charge >= 0.3 is 6.09 Å². The quantitative estimate of drug-likeness (QED) is 0.135. The zero-order chi connectivity index (χ0) is 29.2. The summed E-state index contributed by atoms with van der Waals surface area (Å²) >= 11 is 0. The van der Waals surface area contributed by atoms with Gasteiger partial charge in [0.2, 0.25) is 5.91 Å². The Morgan fingerprint density at radius 2 is 1.61 bits per heavy atom. The monoisotopic (exact) mass is 553 g/mol. The molecule has 4 aromatic rings. The van der Waals surface area contributed by atoms with Gasteiger partial charge in [-0.1, -0.05) is 54.1 Å². The third-order valence-corrected chi connectivity index (χ3v) is 6.03.